The molecule has 5 rings (SSSR count). The fraction of sp³-hybridized carbons (Fsp3) is 0.229. The first kappa shape index (κ1) is 34.7. The molecule has 1 fully saturated rings. The number of aliphatic carboxylic acids is 1. The number of aliphatic imine (C=N–C) groups is 1. The predicted octanol–water partition coefficient (Wildman–Crippen LogP) is 8.76. The second-order valence-corrected chi connectivity index (χ2v) is 12.3. The van der Waals surface area contributed by atoms with E-state index in [4.69, 9.17) is 39.8 Å². The number of halogens is 3. The number of likely N-dealkylation sites (tertiary alicyclic amines) is 1. The van der Waals surface area contributed by atoms with Crippen molar-refractivity contribution in [3.05, 3.63) is 140 Å². The van der Waals surface area contributed by atoms with Crippen molar-refractivity contribution >= 4 is 58.1 Å². The van der Waals surface area contributed by atoms with Gasteiger partial charge in [-0.05, 0) is 67.3 Å². The minimum Gasteiger partial charge on any atom is -0.625 e. The summed E-state index contributed by atoms with van der Waals surface area (Å²) in [7, 11) is 0. The Hall–Kier alpha value is -3.19. The zero-order chi connectivity index (χ0) is 31.3. The molecule has 0 radical (unpaired) electrons. The molecule has 2 atom stereocenters. The van der Waals surface area contributed by atoms with E-state index >= 15 is 0 Å². The number of carbonyl (C=O) groups excluding carboxylic acids is 1. The van der Waals surface area contributed by atoms with Gasteiger partial charge >= 0.3 is 5.97 Å². The van der Waals surface area contributed by atoms with E-state index in [9.17, 15) is 14.7 Å². The second-order valence-electron chi connectivity index (χ2n) is 11.0. The molecular weight excluding hydrogens is 675 g/mol. The van der Waals surface area contributed by atoms with Crippen LogP contribution >= 0.6 is 34.8 Å². The summed E-state index contributed by atoms with van der Waals surface area (Å²) in [4.78, 5) is 33.3. The van der Waals surface area contributed by atoms with Gasteiger partial charge in [-0.1, -0.05) is 108 Å². The molecule has 0 bridgehead atoms. The van der Waals surface area contributed by atoms with Gasteiger partial charge in [0.25, 0.3) is 0 Å². The summed E-state index contributed by atoms with van der Waals surface area (Å²) in [6, 6.07) is 28.1. The molecule has 0 aromatic heterocycles. The summed E-state index contributed by atoms with van der Waals surface area (Å²) in [5, 5.41) is 16.2. The van der Waals surface area contributed by atoms with Crippen molar-refractivity contribution in [2.45, 2.75) is 44.3 Å². The quantitative estimate of drug-likeness (QED) is 0.132. The van der Waals surface area contributed by atoms with Crippen molar-refractivity contribution in [3.8, 4) is 0 Å². The molecule has 4 aromatic rings. The van der Waals surface area contributed by atoms with Crippen LogP contribution in [-0.2, 0) is 39.0 Å². The average Bonchev–Trinajstić information content (AvgIpc) is 3.39. The summed E-state index contributed by atoms with van der Waals surface area (Å²) in [5.74, 6) is -1.36. The molecule has 1 saturated heterocycles. The molecule has 0 unspecified atom stereocenters. The van der Waals surface area contributed by atoms with Crippen molar-refractivity contribution in [1.82, 2.24) is 4.90 Å². The molecule has 0 spiro atoms. The van der Waals surface area contributed by atoms with Crippen LogP contribution in [-0.4, -0.2) is 45.7 Å². The first-order valence-corrected chi connectivity index (χ1v) is 15.4. The van der Waals surface area contributed by atoms with Gasteiger partial charge in [-0.2, -0.15) is 0 Å². The Bertz CT molecular complexity index is 1690. The maximum atomic E-state index is 14.0. The SMILES string of the molecule is C[C@@]1(C(=O)[N-]c2ccc(Cl)cc2C(=N[C@H](Cc2ccccc2)C(=O)O)c2ccccc2)CCCN1Cc1ccc(Cl)c(Cl)c1.[Ni]. The Morgan fingerprint density at radius 1 is 0.911 bits per heavy atom. The molecule has 4 aromatic carbocycles. The van der Waals surface area contributed by atoms with E-state index in [0.717, 1.165) is 24.1 Å². The van der Waals surface area contributed by atoms with Crippen molar-refractivity contribution in [2.75, 3.05) is 6.54 Å². The smallest absolute Gasteiger partial charge is 0.328 e. The van der Waals surface area contributed by atoms with Gasteiger partial charge in [0.05, 0.1) is 27.2 Å². The average molecular weight is 707 g/mol. The van der Waals surface area contributed by atoms with Gasteiger partial charge in [0.1, 0.15) is 0 Å². The molecule has 1 aliphatic rings. The Balaban J connectivity index is 0.00000461. The fourth-order valence-electron chi connectivity index (χ4n) is 5.48. The standard InChI is InChI=1S/C35H32Cl3N3O3.Ni/c1-35(17-8-18-41(35)22-24-13-15-28(37)29(38)19-24)34(44)40-30-16-14-26(36)21-27(30)32(25-11-6-3-7-12-25)39-31(33(42)43)20-23-9-4-2-5-10-23;/h2-7,9-16,19,21,31H,8,17-18,20,22H2,1H3,(H2,39,40,42,43,44);/p-1/t31-,35+;/m1./s1. The molecule has 1 aliphatic heterocycles. The molecule has 236 valence electrons. The van der Waals surface area contributed by atoms with E-state index in [1.807, 2.05) is 79.7 Å². The van der Waals surface area contributed by atoms with E-state index in [1.54, 1.807) is 24.3 Å². The minimum absolute atomic E-state index is 0. The van der Waals surface area contributed by atoms with Crippen LogP contribution in [0.2, 0.25) is 15.1 Å². The van der Waals surface area contributed by atoms with Crippen LogP contribution in [0, 0.1) is 0 Å². The van der Waals surface area contributed by atoms with Gasteiger partial charge in [0, 0.05) is 40.0 Å². The van der Waals surface area contributed by atoms with Gasteiger partial charge in [0.15, 0.2) is 6.04 Å². The number of carbonyl (C=O) groups is 2. The monoisotopic (exact) mass is 704 g/mol. The molecule has 6 nitrogen and oxygen atoms in total. The van der Waals surface area contributed by atoms with Crippen LogP contribution < -0.4 is 0 Å². The maximum Gasteiger partial charge on any atom is 0.328 e. The Morgan fingerprint density at radius 2 is 1.60 bits per heavy atom. The molecular formula is C35H31Cl3N3NiO3-. The first-order chi connectivity index (χ1) is 21.1. The summed E-state index contributed by atoms with van der Waals surface area (Å²) >= 11 is 18.8. The van der Waals surface area contributed by atoms with Crippen LogP contribution in [0.25, 0.3) is 5.32 Å². The molecule has 0 saturated carbocycles. The molecule has 1 N–H and O–H groups in total. The zero-order valence-corrected chi connectivity index (χ0v) is 27.7. The third-order valence-corrected chi connectivity index (χ3v) is 8.91. The van der Waals surface area contributed by atoms with Crippen LogP contribution in [0.4, 0.5) is 5.69 Å². The van der Waals surface area contributed by atoms with Crippen molar-refractivity contribution in [2.24, 2.45) is 4.99 Å². The fourth-order valence-corrected chi connectivity index (χ4v) is 5.97. The van der Waals surface area contributed by atoms with Gasteiger partial charge in [-0.3, -0.25) is 9.89 Å². The van der Waals surface area contributed by atoms with E-state index in [-0.39, 0.29) is 28.8 Å². The summed E-state index contributed by atoms with van der Waals surface area (Å²) in [6.07, 6.45) is 1.67. The number of nitrogens with zero attached hydrogens (tertiary/aromatic N) is 3. The maximum absolute atomic E-state index is 14.0. The topological polar surface area (TPSA) is 84.1 Å². The first-order valence-electron chi connectivity index (χ1n) is 14.3. The Labute approximate surface area is 288 Å². The van der Waals surface area contributed by atoms with E-state index in [0.29, 0.717) is 50.6 Å². The van der Waals surface area contributed by atoms with Gasteiger partial charge in [-0.15, -0.1) is 5.69 Å². The van der Waals surface area contributed by atoms with Gasteiger partial charge < -0.3 is 15.2 Å². The number of carboxylic acid groups (broad SMARTS) is 1. The number of carboxylic acids is 1. The Morgan fingerprint density at radius 3 is 2.27 bits per heavy atom. The zero-order valence-electron chi connectivity index (χ0n) is 24.4. The van der Waals surface area contributed by atoms with Crippen LogP contribution in [0.3, 0.4) is 0 Å². The van der Waals surface area contributed by atoms with Crippen LogP contribution in [0.1, 0.15) is 42.0 Å². The van der Waals surface area contributed by atoms with Gasteiger partial charge in [-0.25, -0.2) is 4.79 Å². The third kappa shape index (κ3) is 8.35. The third-order valence-electron chi connectivity index (χ3n) is 7.93. The summed E-state index contributed by atoms with van der Waals surface area (Å²) < 4.78 is 0. The van der Waals surface area contributed by atoms with E-state index in [2.05, 4.69) is 10.2 Å². The number of rotatable bonds is 10. The normalized spacial score (nSPS) is 17.4. The minimum atomic E-state index is -1.08. The summed E-state index contributed by atoms with van der Waals surface area (Å²) in [6.45, 7) is 3.14. The summed E-state index contributed by atoms with van der Waals surface area (Å²) in [5.41, 5.74) is 2.87. The molecule has 45 heavy (non-hydrogen) atoms. The van der Waals surface area contributed by atoms with Crippen LogP contribution in [0.5, 0.6) is 0 Å². The largest absolute Gasteiger partial charge is 0.625 e. The van der Waals surface area contributed by atoms with Crippen molar-refractivity contribution in [3.63, 3.8) is 0 Å². The number of hydrogen-bond donors (Lipinski definition) is 1. The number of amides is 1. The van der Waals surface area contributed by atoms with Crippen molar-refractivity contribution < 1.29 is 31.2 Å². The molecule has 1 amide bonds. The van der Waals surface area contributed by atoms with E-state index in [1.165, 1.54) is 0 Å². The molecule has 10 heteroatoms. The number of benzene rings is 4. The molecule has 1 heterocycles. The van der Waals surface area contributed by atoms with E-state index < -0.39 is 17.6 Å². The van der Waals surface area contributed by atoms with Gasteiger partial charge in [0.2, 0.25) is 0 Å². The Kier molecular flexibility index (Phi) is 11.9. The van der Waals surface area contributed by atoms with Crippen molar-refractivity contribution in [1.29, 1.82) is 0 Å². The predicted molar refractivity (Wildman–Crippen MR) is 178 cm³/mol. The van der Waals surface area contributed by atoms with Crippen LogP contribution in [0.15, 0.2) is 102 Å². The molecule has 0 aliphatic carbocycles. The number of hydrogen-bond acceptors (Lipinski definition) is 4. The second kappa shape index (κ2) is 15.4.